The van der Waals surface area contributed by atoms with Crippen LogP contribution in [0.3, 0.4) is 0 Å². The number of amidine groups is 1. The molecule has 0 aromatic heterocycles. The third-order valence-corrected chi connectivity index (χ3v) is 4.90. The van der Waals surface area contributed by atoms with Gasteiger partial charge >= 0.3 is 0 Å². The van der Waals surface area contributed by atoms with Gasteiger partial charge in [0.1, 0.15) is 5.70 Å². The van der Waals surface area contributed by atoms with E-state index in [0.717, 1.165) is 5.56 Å². The van der Waals surface area contributed by atoms with E-state index < -0.39 is 5.91 Å². The van der Waals surface area contributed by atoms with Gasteiger partial charge in [0.15, 0.2) is 28.8 Å². The Morgan fingerprint density at radius 2 is 1.48 bits per heavy atom. The number of hydrogen-bond acceptors (Lipinski definition) is 7. The van der Waals surface area contributed by atoms with Gasteiger partial charge in [0, 0.05) is 5.56 Å². The molecular formula is C25H21N3O5. The number of aliphatic imine (C=N–C) groups is 1. The number of ether oxygens (including phenoxy) is 2. The highest BCUT2D eigenvalue weighted by Crippen LogP contribution is 2.29. The Balaban J connectivity index is 1.72. The predicted octanol–water partition coefficient (Wildman–Crippen LogP) is 3.78. The molecule has 0 bridgehead atoms. The number of benzene rings is 3. The lowest BCUT2D eigenvalue weighted by Crippen LogP contribution is -2.27. The Morgan fingerprint density at radius 1 is 0.879 bits per heavy atom. The molecule has 0 saturated carbocycles. The molecule has 3 aromatic rings. The van der Waals surface area contributed by atoms with Gasteiger partial charge in [-0.05, 0) is 47.5 Å². The number of carbonyl (C=O) groups is 1. The fourth-order valence-corrected chi connectivity index (χ4v) is 3.23. The molecule has 33 heavy (non-hydrogen) atoms. The highest BCUT2D eigenvalue weighted by atomic mass is 16.5. The van der Waals surface area contributed by atoms with Crippen LogP contribution < -0.4 is 9.47 Å². The van der Waals surface area contributed by atoms with Gasteiger partial charge in [-0.25, -0.2) is 4.99 Å². The summed E-state index contributed by atoms with van der Waals surface area (Å²) >= 11 is 0. The molecule has 166 valence electrons. The molecule has 0 saturated heterocycles. The van der Waals surface area contributed by atoms with Crippen molar-refractivity contribution in [1.82, 2.24) is 5.01 Å². The van der Waals surface area contributed by atoms with Crippen LogP contribution in [-0.2, 0) is 4.79 Å². The standard InChI is InChI=1S/C25H21N3O5/c1-32-22-13-16(8-10-20(22)29)12-19-25(31)28(24(27-19)18-6-4-3-5-7-18)26-15-17-9-11-21(30)23(14-17)33-2/h3-15,29-30H,1-2H3/b19-12+,26-15+. The molecule has 0 spiro atoms. The normalized spacial score (nSPS) is 14.7. The zero-order valence-electron chi connectivity index (χ0n) is 18.0. The van der Waals surface area contributed by atoms with Crippen LogP contribution in [0.4, 0.5) is 0 Å². The quantitative estimate of drug-likeness (QED) is 0.446. The molecule has 0 unspecified atom stereocenters. The summed E-state index contributed by atoms with van der Waals surface area (Å²) in [4.78, 5) is 17.7. The lowest BCUT2D eigenvalue weighted by Gasteiger charge is -2.12. The fourth-order valence-electron chi connectivity index (χ4n) is 3.23. The molecule has 2 N–H and O–H groups in total. The molecule has 0 fully saturated rings. The zero-order chi connectivity index (χ0) is 23.4. The summed E-state index contributed by atoms with van der Waals surface area (Å²) in [6, 6.07) is 18.8. The lowest BCUT2D eigenvalue weighted by molar-refractivity contribution is -0.122. The Hall–Kier alpha value is -4.59. The number of phenols is 2. The van der Waals surface area contributed by atoms with Crippen molar-refractivity contribution < 1.29 is 24.5 Å². The van der Waals surface area contributed by atoms with Crippen molar-refractivity contribution >= 4 is 24.0 Å². The minimum Gasteiger partial charge on any atom is -0.504 e. The van der Waals surface area contributed by atoms with Crippen molar-refractivity contribution in [3.63, 3.8) is 0 Å². The van der Waals surface area contributed by atoms with Crippen molar-refractivity contribution in [2.75, 3.05) is 14.2 Å². The first-order chi connectivity index (χ1) is 16.0. The van der Waals surface area contributed by atoms with Gasteiger partial charge in [0.25, 0.3) is 5.91 Å². The van der Waals surface area contributed by atoms with Crippen LogP contribution in [0.5, 0.6) is 23.0 Å². The SMILES string of the molecule is COc1cc(/C=N/N2C(=O)/C(=C\c3ccc(O)c(OC)c3)N=C2c2ccccc2)ccc1O. The van der Waals surface area contributed by atoms with Gasteiger partial charge in [-0.15, -0.1) is 0 Å². The maximum Gasteiger partial charge on any atom is 0.298 e. The first-order valence-electron chi connectivity index (χ1n) is 9.98. The molecule has 1 amide bonds. The summed E-state index contributed by atoms with van der Waals surface area (Å²) in [5.41, 5.74) is 2.17. The van der Waals surface area contributed by atoms with Crippen LogP contribution in [0.2, 0.25) is 0 Å². The van der Waals surface area contributed by atoms with Crippen molar-refractivity contribution in [3.8, 4) is 23.0 Å². The van der Waals surface area contributed by atoms with Gasteiger partial charge in [-0.3, -0.25) is 4.79 Å². The van der Waals surface area contributed by atoms with Gasteiger partial charge in [-0.1, -0.05) is 36.4 Å². The highest BCUT2D eigenvalue weighted by molar-refractivity contribution is 6.19. The van der Waals surface area contributed by atoms with E-state index in [1.165, 1.54) is 37.6 Å². The maximum absolute atomic E-state index is 13.2. The summed E-state index contributed by atoms with van der Waals surface area (Å²) in [5.74, 6) is 0.556. The summed E-state index contributed by atoms with van der Waals surface area (Å²) in [6.45, 7) is 0. The molecule has 8 heteroatoms. The third-order valence-electron chi connectivity index (χ3n) is 4.90. The smallest absolute Gasteiger partial charge is 0.298 e. The second-order valence-electron chi connectivity index (χ2n) is 7.06. The highest BCUT2D eigenvalue weighted by Gasteiger charge is 2.31. The number of methoxy groups -OCH3 is 2. The van der Waals surface area contributed by atoms with Crippen molar-refractivity contribution in [2.45, 2.75) is 0 Å². The topological polar surface area (TPSA) is 104 Å². The van der Waals surface area contributed by atoms with E-state index in [1.54, 1.807) is 30.3 Å². The Morgan fingerprint density at radius 3 is 2.12 bits per heavy atom. The van der Waals surface area contributed by atoms with Crippen molar-refractivity contribution in [2.24, 2.45) is 10.1 Å². The largest absolute Gasteiger partial charge is 0.504 e. The van der Waals surface area contributed by atoms with Gasteiger partial charge in [0.2, 0.25) is 0 Å². The van der Waals surface area contributed by atoms with Crippen molar-refractivity contribution in [1.29, 1.82) is 0 Å². The van der Waals surface area contributed by atoms with E-state index in [1.807, 2.05) is 30.3 Å². The molecule has 0 aliphatic carbocycles. The van der Waals surface area contributed by atoms with Gasteiger partial charge in [0.05, 0.1) is 20.4 Å². The molecule has 3 aromatic carbocycles. The average molecular weight is 443 g/mol. The van der Waals surface area contributed by atoms with E-state index in [2.05, 4.69) is 10.1 Å². The van der Waals surface area contributed by atoms with E-state index in [9.17, 15) is 15.0 Å². The number of nitrogens with zero attached hydrogens (tertiary/aromatic N) is 3. The number of aromatic hydroxyl groups is 2. The van der Waals surface area contributed by atoms with Crippen LogP contribution in [0, 0.1) is 0 Å². The molecule has 1 heterocycles. The number of hydrazone groups is 1. The third kappa shape index (κ3) is 4.54. The lowest BCUT2D eigenvalue weighted by atomic mass is 10.1. The van der Waals surface area contributed by atoms with E-state index in [0.29, 0.717) is 28.5 Å². The molecule has 0 atom stereocenters. The molecule has 8 nitrogen and oxygen atoms in total. The number of hydrogen-bond donors (Lipinski definition) is 2. The van der Waals surface area contributed by atoms with Crippen LogP contribution in [0.15, 0.2) is 82.5 Å². The molecular weight excluding hydrogens is 422 g/mol. The molecule has 4 rings (SSSR count). The van der Waals surface area contributed by atoms with Crippen molar-refractivity contribution in [3.05, 3.63) is 89.1 Å². The van der Waals surface area contributed by atoms with E-state index in [-0.39, 0.29) is 17.2 Å². The summed E-state index contributed by atoms with van der Waals surface area (Å²) < 4.78 is 10.3. The minimum absolute atomic E-state index is 0.00132. The van der Waals surface area contributed by atoms with Gasteiger partial charge in [-0.2, -0.15) is 10.1 Å². The monoisotopic (exact) mass is 443 g/mol. The Kier molecular flexibility index (Phi) is 6.08. The maximum atomic E-state index is 13.2. The summed E-state index contributed by atoms with van der Waals surface area (Å²) in [7, 11) is 2.91. The summed E-state index contributed by atoms with van der Waals surface area (Å²) in [5, 5.41) is 25.2. The Labute approximate surface area is 190 Å². The number of amides is 1. The number of rotatable bonds is 6. The second-order valence-corrected chi connectivity index (χ2v) is 7.06. The number of phenolic OH excluding ortho intramolecular Hbond substituents is 2. The first kappa shape index (κ1) is 21.6. The van der Waals surface area contributed by atoms with Crippen LogP contribution in [0.1, 0.15) is 16.7 Å². The zero-order valence-corrected chi connectivity index (χ0v) is 18.0. The van der Waals surface area contributed by atoms with Crippen LogP contribution in [0.25, 0.3) is 6.08 Å². The molecule has 0 radical (unpaired) electrons. The summed E-state index contributed by atoms with van der Waals surface area (Å²) in [6.07, 6.45) is 3.09. The molecule has 1 aliphatic heterocycles. The second kappa shape index (κ2) is 9.27. The van der Waals surface area contributed by atoms with Crippen LogP contribution >= 0.6 is 0 Å². The van der Waals surface area contributed by atoms with Crippen LogP contribution in [-0.4, -0.2) is 47.4 Å². The molecule has 1 aliphatic rings. The predicted molar refractivity (Wildman–Crippen MR) is 125 cm³/mol. The minimum atomic E-state index is -0.414. The Bertz CT molecular complexity index is 1280. The first-order valence-corrected chi connectivity index (χ1v) is 9.98. The number of carbonyl (C=O) groups excluding carboxylic acids is 1. The van der Waals surface area contributed by atoms with E-state index >= 15 is 0 Å². The van der Waals surface area contributed by atoms with Gasteiger partial charge < -0.3 is 19.7 Å². The van der Waals surface area contributed by atoms with E-state index in [4.69, 9.17) is 9.47 Å². The fraction of sp³-hybridized carbons (Fsp3) is 0.0800. The average Bonchev–Trinajstić information content (AvgIpc) is 3.15.